The minimum absolute atomic E-state index is 0.233. The summed E-state index contributed by atoms with van der Waals surface area (Å²) in [6.45, 7) is 7.74. The first-order chi connectivity index (χ1) is 10.3. The third kappa shape index (κ3) is 9.22. The normalized spacial score (nSPS) is 17.2. The molecule has 0 saturated carbocycles. The van der Waals surface area contributed by atoms with Gasteiger partial charge in [-0.25, -0.2) is 0 Å². The molecule has 0 spiro atoms. The van der Waals surface area contributed by atoms with Crippen LogP contribution in [-0.4, -0.2) is 66.6 Å². The Labute approximate surface area is 130 Å². The van der Waals surface area contributed by atoms with E-state index in [1.165, 1.54) is 38.5 Å². The van der Waals surface area contributed by atoms with Crippen molar-refractivity contribution in [1.29, 1.82) is 0 Å². The van der Waals surface area contributed by atoms with Gasteiger partial charge in [-0.15, -0.1) is 0 Å². The largest absolute Gasteiger partial charge is 0.395 e. The Kier molecular flexibility index (Phi) is 10.7. The van der Waals surface area contributed by atoms with Crippen molar-refractivity contribution in [2.24, 2.45) is 0 Å². The summed E-state index contributed by atoms with van der Waals surface area (Å²) >= 11 is 0. The zero-order valence-corrected chi connectivity index (χ0v) is 13.9. The quantitative estimate of drug-likeness (QED) is 0.562. The fourth-order valence-corrected chi connectivity index (χ4v) is 2.92. The molecule has 0 bridgehead atoms. The Hall–Kier alpha value is -0.450. The second-order valence-electron chi connectivity index (χ2n) is 6.25. The molecule has 0 aromatic heterocycles. The summed E-state index contributed by atoms with van der Waals surface area (Å²) in [5.41, 5.74) is 0. The number of hydrogen-bond donors (Lipinski definition) is 1. The lowest BCUT2D eigenvalue weighted by atomic mass is 10.1. The van der Waals surface area contributed by atoms with Crippen molar-refractivity contribution in [3.05, 3.63) is 0 Å². The number of hydrogen-bond acceptors (Lipinski definition) is 4. The van der Waals surface area contributed by atoms with Crippen LogP contribution in [0.3, 0.4) is 0 Å². The van der Waals surface area contributed by atoms with E-state index in [1.807, 2.05) is 0 Å². The highest BCUT2D eigenvalue weighted by Gasteiger charge is 2.17. The first-order valence-corrected chi connectivity index (χ1v) is 8.83. The van der Waals surface area contributed by atoms with Gasteiger partial charge in [-0.1, -0.05) is 45.4 Å². The molecule has 1 fully saturated rings. The molecule has 4 heteroatoms. The molecular formula is C17H34N2O2. The molecule has 0 amide bonds. The van der Waals surface area contributed by atoms with Crippen LogP contribution in [0.2, 0.25) is 0 Å². The number of carbonyl (C=O) groups is 1. The Morgan fingerprint density at radius 2 is 1.48 bits per heavy atom. The smallest absolute Gasteiger partial charge is 0.146 e. The monoisotopic (exact) mass is 298 g/mol. The van der Waals surface area contributed by atoms with Crippen LogP contribution < -0.4 is 0 Å². The van der Waals surface area contributed by atoms with Gasteiger partial charge < -0.3 is 5.11 Å². The van der Waals surface area contributed by atoms with Crippen LogP contribution in [0, 0.1) is 0 Å². The van der Waals surface area contributed by atoms with Crippen molar-refractivity contribution in [2.45, 2.75) is 58.3 Å². The van der Waals surface area contributed by atoms with Crippen molar-refractivity contribution in [2.75, 3.05) is 45.9 Å². The average molecular weight is 298 g/mol. The zero-order chi connectivity index (χ0) is 15.3. The summed E-state index contributed by atoms with van der Waals surface area (Å²) in [6, 6.07) is 0. The van der Waals surface area contributed by atoms with E-state index < -0.39 is 0 Å². The second kappa shape index (κ2) is 12.1. The van der Waals surface area contributed by atoms with Gasteiger partial charge in [0, 0.05) is 39.1 Å². The van der Waals surface area contributed by atoms with Crippen LogP contribution in [0.4, 0.5) is 0 Å². The number of β-amino-alcohol motifs (C(OH)–C–C–N with tert-alkyl or cyclic N) is 1. The van der Waals surface area contributed by atoms with E-state index >= 15 is 0 Å². The number of aliphatic hydroxyl groups excluding tert-OH is 1. The van der Waals surface area contributed by atoms with Gasteiger partial charge in [0.1, 0.15) is 5.78 Å². The van der Waals surface area contributed by atoms with Crippen molar-refractivity contribution >= 4 is 5.78 Å². The van der Waals surface area contributed by atoms with E-state index in [0.717, 1.165) is 45.6 Å². The molecule has 1 rings (SSSR count). The summed E-state index contributed by atoms with van der Waals surface area (Å²) in [6.07, 6.45) is 9.63. The highest BCUT2D eigenvalue weighted by molar-refractivity contribution is 5.80. The molecule has 0 unspecified atom stereocenters. The molecular weight excluding hydrogens is 264 g/mol. The van der Waals surface area contributed by atoms with Gasteiger partial charge in [0.05, 0.1) is 13.2 Å². The van der Waals surface area contributed by atoms with Gasteiger partial charge in [0.25, 0.3) is 0 Å². The average Bonchev–Trinajstić information content (AvgIpc) is 2.49. The summed E-state index contributed by atoms with van der Waals surface area (Å²) in [5, 5.41) is 8.91. The fourth-order valence-electron chi connectivity index (χ4n) is 2.92. The number of ketones is 1. The van der Waals surface area contributed by atoms with E-state index in [4.69, 9.17) is 5.11 Å². The second-order valence-corrected chi connectivity index (χ2v) is 6.25. The molecule has 0 radical (unpaired) electrons. The molecule has 0 atom stereocenters. The number of carbonyl (C=O) groups excluding carboxylic acids is 1. The highest BCUT2D eigenvalue weighted by atomic mass is 16.3. The van der Waals surface area contributed by atoms with Crippen molar-refractivity contribution in [3.8, 4) is 0 Å². The number of Topliss-reactive ketones (excluding diaryl/α,β-unsaturated/α-hetero) is 1. The van der Waals surface area contributed by atoms with Crippen molar-refractivity contribution < 1.29 is 9.90 Å². The molecule has 21 heavy (non-hydrogen) atoms. The van der Waals surface area contributed by atoms with Crippen LogP contribution in [-0.2, 0) is 4.79 Å². The molecule has 1 aliphatic rings. The maximum atomic E-state index is 12.0. The van der Waals surface area contributed by atoms with Gasteiger partial charge in [-0.2, -0.15) is 0 Å². The Bertz CT molecular complexity index is 264. The Morgan fingerprint density at radius 1 is 0.905 bits per heavy atom. The predicted octanol–water partition coefficient (Wildman–Crippen LogP) is 2.31. The van der Waals surface area contributed by atoms with Crippen LogP contribution in [0.1, 0.15) is 58.3 Å². The molecule has 1 aliphatic heterocycles. The van der Waals surface area contributed by atoms with Crippen LogP contribution in [0.25, 0.3) is 0 Å². The van der Waals surface area contributed by atoms with Gasteiger partial charge in [-0.3, -0.25) is 14.6 Å². The van der Waals surface area contributed by atoms with E-state index in [2.05, 4.69) is 16.7 Å². The van der Waals surface area contributed by atoms with E-state index in [0.29, 0.717) is 12.3 Å². The molecule has 1 saturated heterocycles. The van der Waals surface area contributed by atoms with Crippen LogP contribution in [0.5, 0.6) is 0 Å². The SMILES string of the molecule is CCCCCCCCCC(=O)CN1CCN(CCO)CC1. The minimum atomic E-state index is 0.233. The Balaban J connectivity index is 1.96. The van der Waals surface area contributed by atoms with Crippen molar-refractivity contribution in [3.63, 3.8) is 0 Å². The standard InChI is InChI=1S/C17H34N2O2/c1-2-3-4-5-6-7-8-9-17(21)16-19-12-10-18(11-13-19)14-15-20/h20H,2-16H2,1H3. The number of unbranched alkanes of at least 4 members (excludes halogenated alkanes) is 6. The topological polar surface area (TPSA) is 43.8 Å². The van der Waals surface area contributed by atoms with Crippen LogP contribution >= 0.6 is 0 Å². The first-order valence-electron chi connectivity index (χ1n) is 8.83. The zero-order valence-electron chi connectivity index (χ0n) is 13.9. The third-order valence-corrected chi connectivity index (χ3v) is 4.34. The summed E-state index contributed by atoms with van der Waals surface area (Å²) < 4.78 is 0. The summed E-state index contributed by atoms with van der Waals surface area (Å²) in [4.78, 5) is 16.5. The van der Waals surface area contributed by atoms with Crippen molar-refractivity contribution in [1.82, 2.24) is 9.80 Å². The maximum Gasteiger partial charge on any atom is 0.146 e. The number of piperazine rings is 1. The number of nitrogens with zero attached hydrogens (tertiary/aromatic N) is 2. The van der Waals surface area contributed by atoms with Gasteiger partial charge in [-0.05, 0) is 6.42 Å². The van der Waals surface area contributed by atoms with E-state index in [9.17, 15) is 4.79 Å². The molecule has 0 aromatic carbocycles. The number of rotatable bonds is 12. The fraction of sp³-hybridized carbons (Fsp3) is 0.941. The van der Waals surface area contributed by atoms with E-state index in [-0.39, 0.29) is 6.61 Å². The highest BCUT2D eigenvalue weighted by Crippen LogP contribution is 2.09. The molecule has 1 N–H and O–H groups in total. The lowest BCUT2D eigenvalue weighted by Crippen LogP contribution is -2.48. The number of aliphatic hydroxyl groups is 1. The molecule has 0 aromatic rings. The molecule has 4 nitrogen and oxygen atoms in total. The minimum Gasteiger partial charge on any atom is -0.395 e. The Morgan fingerprint density at radius 3 is 2.10 bits per heavy atom. The van der Waals surface area contributed by atoms with Crippen LogP contribution in [0.15, 0.2) is 0 Å². The molecule has 1 heterocycles. The summed E-state index contributed by atoms with van der Waals surface area (Å²) in [5.74, 6) is 0.402. The molecule has 124 valence electrons. The lowest BCUT2D eigenvalue weighted by molar-refractivity contribution is -0.120. The summed E-state index contributed by atoms with van der Waals surface area (Å²) in [7, 11) is 0. The maximum absolute atomic E-state index is 12.0. The van der Waals surface area contributed by atoms with Gasteiger partial charge >= 0.3 is 0 Å². The van der Waals surface area contributed by atoms with E-state index in [1.54, 1.807) is 0 Å². The third-order valence-electron chi connectivity index (χ3n) is 4.34. The van der Waals surface area contributed by atoms with Gasteiger partial charge in [0.2, 0.25) is 0 Å². The van der Waals surface area contributed by atoms with Gasteiger partial charge in [0.15, 0.2) is 0 Å². The molecule has 0 aliphatic carbocycles. The first kappa shape index (κ1) is 18.6. The predicted molar refractivity (Wildman–Crippen MR) is 87.6 cm³/mol. The lowest BCUT2D eigenvalue weighted by Gasteiger charge is -2.33.